The highest BCUT2D eigenvalue weighted by atomic mass is 32.2. The first-order valence-electron chi connectivity index (χ1n) is 8.17. The van der Waals surface area contributed by atoms with Crippen molar-refractivity contribution in [2.75, 3.05) is 10.7 Å². The lowest BCUT2D eigenvalue weighted by Crippen LogP contribution is -2.32. The van der Waals surface area contributed by atoms with Crippen LogP contribution in [-0.2, 0) is 11.3 Å². The summed E-state index contributed by atoms with van der Waals surface area (Å²) in [5.74, 6) is 0.433. The van der Waals surface area contributed by atoms with Crippen molar-refractivity contribution in [1.82, 2.24) is 4.98 Å². The van der Waals surface area contributed by atoms with E-state index in [-0.39, 0.29) is 5.91 Å². The molecular formula is C21H20N2OS. The van der Waals surface area contributed by atoms with Crippen LogP contribution in [-0.4, -0.2) is 16.6 Å². The minimum Gasteiger partial charge on any atom is -0.307 e. The predicted molar refractivity (Wildman–Crippen MR) is 104 cm³/mol. The molecule has 1 heterocycles. The van der Waals surface area contributed by atoms with E-state index in [0.717, 1.165) is 21.8 Å². The number of benzene rings is 2. The van der Waals surface area contributed by atoms with Gasteiger partial charge in [-0.05, 0) is 42.3 Å². The van der Waals surface area contributed by atoms with Crippen molar-refractivity contribution in [3.8, 4) is 0 Å². The van der Waals surface area contributed by atoms with Crippen LogP contribution in [0.4, 0.5) is 5.69 Å². The molecule has 0 N–H and O–H groups in total. The predicted octanol–water partition coefficient (Wildman–Crippen LogP) is 4.72. The van der Waals surface area contributed by atoms with Gasteiger partial charge in [0.05, 0.1) is 17.3 Å². The van der Waals surface area contributed by atoms with Gasteiger partial charge in [0.15, 0.2) is 0 Å². The van der Waals surface area contributed by atoms with Crippen molar-refractivity contribution in [1.29, 1.82) is 0 Å². The van der Waals surface area contributed by atoms with E-state index in [2.05, 4.69) is 4.98 Å². The molecule has 0 aliphatic heterocycles. The molecule has 0 aliphatic carbocycles. The van der Waals surface area contributed by atoms with E-state index in [1.807, 2.05) is 84.6 Å². The average molecular weight is 348 g/mol. The summed E-state index contributed by atoms with van der Waals surface area (Å²) in [5, 5.41) is 0.861. The Kier molecular flexibility index (Phi) is 5.86. The molecule has 0 unspecified atom stereocenters. The fraction of sp³-hybridized carbons (Fsp3) is 0.143. The maximum atomic E-state index is 12.9. The molecule has 25 heavy (non-hydrogen) atoms. The topological polar surface area (TPSA) is 33.2 Å². The molecule has 0 fully saturated rings. The van der Waals surface area contributed by atoms with Crippen LogP contribution >= 0.6 is 11.8 Å². The molecule has 0 bridgehead atoms. The van der Waals surface area contributed by atoms with Crippen LogP contribution in [0.3, 0.4) is 0 Å². The number of anilines is 1. The van der Waals surface area contributed by atoms with E-state index in [1.165, 1.54) is 11.8 Å². The summed E-state index contributed by atoms with van der Waals surface area (Å²) in [4.78, 5) is 19.0. The molecule has 1 amide bonds. The summed E-state index contributed by atoms with van der Waals surface area (Å²) in [6.45, 7) is 2.60. The number of carbonyl (C=O) groups excluding carboxylic acids is 1. The Hall–Kier alpha value is -2.59. The van der Waals surface area contributed by atoms with Crippen LogP contribution in [0.15, 0.2) is 84.0 Å². The third-order valence-corrected chi connectivity index (χ3v) is 4.71. The first-order valence-corrected chi connectivity index (χ1v) is 9.16. The number of aryl methyl sites for hydroxylation is 1. The maximum absolute atomic E-state index is 12.9. The molecule has 4 heteroatoms. The number of amides is 1. The highest BCUT2D eigenvalue weighted by Gasteiger charge is 2.17. The lowest BCUT2D eigenvalue weighted by molar-refractivity contribution is -0.116. The Morgan fingerprint density at radius 2 is 1.80 bits per heavy atom. The van der Waals surface area contributed by atoms with Crippen LogP contribution < -0.4 is 4.90 Å². The fourth-order valence-electron chi connectivity index (χ4n) is 2.53. The van der Waals surface area contributed by atoms with Crippen LogP contribution in [0.1, 0.15) is 11.1 Å². The second-order valence-corrected chi connectivity index (χ2v) is 6.76. The van der Waals surface area contributed by atoms with Gasteiger partial charge in [-0.25, -0.2) is 4.98 Å². The van der Waals surface area contributed by atoms with Gasteiger partial charge in [0, 0.05) is 11.9 Å². The van der Waals surface area contributed by atoms with Gasteiger partial charge in [-0.2, -0.15) is 0 Å². The Bertz CT molecular complexity index is 822. The summed E-state index contributed by atoms with van der Waals surface area (Å²) in [5.41, 5.74) is 3.18. The normalized spacial score (nSPS) is 10.4. The van der Waals surface area contributed by atoms with Crippen molar-refractivity contribution >= 4 is 23.4 Å². The monoisotopic (exact) mass is 348 g/mol. The van der Waals surface area contributed by atoms with E-state index >= 15 is 0 Å². The van der Waals surface area contributed by atoms with E-state index in [1.54, 1.807) is 6.20 Å². The summed E-state index contributed by atoms with van der Waals surface area (Å²) in [6, 6.07) is 23.9. The van der Waals surface area contributed by atoms with Crippen molar-refractivity contribution in [2.45, 2.75) is 18.5 Å². The smallest absolute Gasteiger partial charge is 0.237 e. The molecule has 1 aromatic heterocycles. The molecule has 0 saturated heterocycles. The highest BCUT2D eigenvalue weighted by molar-refractivity contribution is 7.99. The zero-order valence-electron chi connectivity index (χ0n) is 14.1. The van der Waals surface area contributed by atoms with Gasteiger partial charge in [-0.3, -0.25) is 4.79 Å². The minimum atomic E-state index is 0.0742. The number of pyridine rings is 1. The summed E-state index contributed by atoms with van der Waals surface area (Å²) in [7, 11) is 0. The summed E-state index contributed by atoms with van der Waals surface area (Å²) >= 11 is 1.46. The molecule has 0 spiro atoms. The van der Waals surface area contributed by atoms with Crippen molar-refractivity contribution in [3.05, 3.63) is 90.1 Å². The molecule has 126 valence electrons. The van der Waals surface area contributed by atoms with Gasteiger partial charge in [0.25, 0.3) is 0 Å². The molecular weight excluding hydrogens is 328 g/mol. The number of aromatic nitrogens is 1. The molecule has 3 aromatic rings. The van der Waals surface area contributed by atoms with Gasteiger partial charge < -0.3 is 4.90 Å². The van der Waals surface area contributed by atoms with E-state index < -0.39 is 0 Å². The van der Waals surface area contributed by atoms with Crippen molar-refractivity contribution < 1.29 is 4.79 Å². The van der Waals surface area contributed by atoms with Crippen LogP contribution in [0.25, 0.3) is 0 Å². The van der Waals surface area contributed by atoms with Crippen molar-refractivity contribution in [3.63, 3.8) is 0 Å². The van der Waals surface area contributed by atoms with Gasteiger partial charge >= 0.3 is 0 Å². The Balaban J connectivity index is 1.78. The van der Waals surface area contributed by atoms with Gasteiger partial charge in [-0.15, -0.1) is 0 Å². The molecule has 0 aliphatic rings. The molecule has 2 aromatic carbocycles. The quantitative estimate of drug-likeness (QED) is 0.605. The first-order chi connectivity index (χ1) is 12.2. The fourth-order valence-corrected chi connectivity index (χ4v) is 3.27. The molecule has 0 atom stereocenters. The highest BCUT2D eigenvalue weighted by Crippen LogP contribution is 2.22. The maximum Gasteiger partial charge on any atom is 0.237 e. The lowest BCUT2D eigenvalue weighted by atomic mass is 10.1. The second-order valence-electron chi connectivity index (χ2n) is 5.76. The lowest BCUT2D eigenvalue weighted by Gasteiger charge is -2.23. The van der Waals surface area contributed by atoms with Gasteiger partial charge in [0.2, 0.25) is 5.91 Å². The zero-order valence-corrected chi connectivity index (χ0v) is 14.9. The van der Waals surface area contributed by atoms with Crippen LogP contribution in [0, 0.1) is 6.92 Å². The molecule has 0 radical (unpaired) electrons. The molecule has 3 nitrogen and oxygen atoms in total. The number of thioether (sulfide) groups is 1. The standard InChI is InChI=1S/C21H20N2OS/c1-17-8-7-11-19(14-17)23(15-18-9-3-2-4-10-18)21(24)16-25-20-12-5-6-13-22-20/h2-14H,15-16H2,1H3. The Labute approximate surface area is 152 Å². The van der Waals surface area contributed by atoms with Crippen LogP contribution in [0.5, 0.6) is 0 Å². The average Bonchev–Trinajstić information content (AvgIpc) is 2.66. The number of rotatable bonds is 6. The number of hydrogen-bond donors (Lipinski definition) is 0. The SMILES string of the molecule is Cc1cccc(N(Cc2ccccc2)C(=O)CSc2ccccn2)c1. The number of nitrogens with zero attached hydrogens (tertiary/aromatic N) is 2. The minimum absolute atomic E-state index is 0.0742. The van der Waals surface area contributed by atoms with Gasteiger partial charge in [0.1, 0.15) is 0 Å². The first kappa shape index (κ1) is 17.2. The summed E-state index contributed by atoms with van der Waals surface area (Å²) in [6.07, 6.45) is 1.75. The third-order valence-electron chi connectivity index (χ3n) is 3.78. The van der Waals surface area contributed by atoms with Crippen molar-refractivity contribution in [2.24, 2.45) is 0 Å². The summed E-state index contributed by atoms with van der Waals surface area (Å²) < 4.78 is 0. The largest absolute Gasteiger partial charge is 0.307 e. The van der Waals surface area contributed by atoms with E-state index in [9.17, 15) is 4.79 Å². The van der Waals surface area contributed by atoms with E-state index in [4.69, 9.17) is 0 Å². The number of hydrogen-bond acceptors (Lipinski definition) is 3. The second kappa shape index (κ2) is 8.49. The zero-order chi connectivity index (χ0) is 17.5. The molecule has 0 saturated carbocycles. The van der Waals surface area contributed by atoms with Gasteiger partial charge in [-0.1, -0.05) is 60.3 Å². The molecule has 3 rings (SSSR count). The Morgan fingerprint density at radius 3 is 2.52 bits per heavy atom. The third kappa shape index (κ3) is 4.94. The van der Waals surface area contributed by atoms with E-state index in [0.29, 0.717) is 12.3 Å². The van der Waals surface area contributed by atoms with Crippen LogP contribution in [0.2, 0.25) is 0 Å². The number of carbonyl (C=O) groups is 1. The Morgan fingerprint density at radius 1 is 1.00 bits per heavy atom.